The van der Waals surface area contributed by atoms with E-state index in [2.05, 4.69) is 25.6 Å². The number of hydrogen-bond acceptors (Lipinski definition) is 5. The lowest BCUT2D eigenvalue weighted by atomic mass is 9.98. The van der Waals surface area contributed by atoms with Crippen LogP contribution in [-0.4, -0.2) is 30.2 Å². The first-order chi connectivity index (χ1) is 13.3. The SMILES string of the molecule is CCc1nccc(=O)n1Cc1ccc(-c2ccccc2-c2nn[nH]n2)cc1. The highest BCUT2D eigenvalue weighted by Gasteiger charge is 2.11. The summed E-state index contributed by atoms with van der Waals surface area (Å²) in [5, 5.41) is 14.3. The molecule has 0 bridgehead atoms. The van der Waals surface area contributed by atoms with Crippen LogP contribution in [0.5, 0.6) is 0 Å². The normalized spacial score (nSPS) is 10.9. The first kappa shape index (κ1) is 16.8. The Bertz CT molecular complexity index is 1100. The molecular formula is C20H18N6O. The fraction of sp³-hybridized carbons (Fsp3) is 0.150. The van der Waals surface area contributed by atoms with Crippen molar-refractivity contribution in [3.63, 3.8) is 0 Å². The van der Waals surface area contributed by atoms with Crippen molar-refractivity contribution in [2.45, 2.75) is 19.9 Å². The predicted octanol–water partition coefficient (Wildman–Crippen LogP) is 2.70. The minimum Gasteiger partial charge on any atom is -0.292 e. The van der Waals surface area contributed by atoms with Crippen LogP contribution in [-0.2, 0) is 13.0 Å². The quantitative estimate of drug-likeness (QED) is 0.592. The third-order valence-corrected chi connectivity index (χ3v) is 4.45. The minimum absolute atomic E-state index is 0.0339. The first-order valence-corrected chi connectivity index (χ1v) is 8.73. The number of aromatic amines is 1. The summed E-state index contributed by atoms with van der Waals surface area (Å²) in [6.45, 7) is 2.50. The zero-order valence-corrected chi connectivity index (χ0v) is 14.8. The Labute approximate surface area is 155 Å². The highest BCUT2D eigenvalue weighted by Crippen LogP contribution is 2.29. The number of aromatic nitrogens is 6. The fourth-order valence-electron chi connectivity index (χ4n) is 3.10. The van der Waals surface area contributed by atoms with Crippen molar-refractivity contribution in [3.8, 4) is 22.5 Å². The number of benzene rings is 2. The van der Waals surface area contributed by atoms with E-state index in [4.69, 9.17) is 0 Å². The summed E-state index contributed by atoms with van der Waals surface area (Å²) in [6, 6.07) is 17.6. The standard InChI is InChI=1S/C20H18N6O/c1-2-18-21-12-11-19(27)26(18)13-14-7-9-15(10-8-14)16-5-3-4-6-17(16)20-22-24-25-23-20/h3-12H,2,13H2,1H3,(H,22,23,24,25). The van der Waals surface area contributed by atoms with Crippen LogP contribution in [0.4, 0.5) is 0 Å². The third-order valence-electron chi connectivity index (χ3n) is 4.45. The summed E-state index contributed by atoms with van der Waals surface area (Å²) < 4.78 is 1.71. The van der Waals surface area contributed by atoms with Crippen LogP contribution in [0.2, 0.25) is 0 Å². The average Bonchev–Trinajstić information content (AvgIpc) is 3.25. The van der Waals surface area contributed by atoms with Crippen molar-refractivity contribution < 1.29 is 0 Å². The molecule has 0 aliphatic heterocycles. The molecule has 27 heavy (non-hydrogen) atoms. The van der Waals surface area contributed by atoms with E-state index in [-0.39, 0.29) is 5.56 Å². The molecule has 0 saturated carbocycles. The molecule has 0 amide bonds. The van der Waals surface area contributed by atoms with Crippen LogP contribution in [0.1, 0.15) is 18.3 Å². The molecule has 0 saturated heterocycles. The number of nitrogens with zero attached hydrogens (tertiary/aromatic N) is 5. The number of aryl methyl sites for hydroxylation is 1. The van der Waals surface area contributed by atoms with Crippen LogP contribution in [0, 0.1) is 0 Å². The zero-order valence-electron chi connectivity index (χ0n) is 14.8. The lowest BCUT2D eigenvalue weighted by molar-refractivity contribution is 0.674. The third kappa shape index (κ3) is 3.39. The molecule has 1 N–H and O–H groups in total. The molecule has 0 fully saturated rings. The molecule has 2 aromatic heterocycles. The summed E-state index contributed by atoms with van der Waals surface area (Å²) in [7, 11) is 0. The van der Waals surface area contributed by atoms with Gasteiger partial charge in [0.25, 0.3) is 5.56 Å². The van der Waals surface area contributed by atoms with Gasteiger partial charge in [-0.05, 0) is 21.9 Å². The Morgan fingerprint density at radius 2 is 1.78 bits per heavy atom. The molecular weight excluding hydrogens is 340 g/mol. The van der Waals surface area contributed by atoms with Gasteiger partial charge in [-0.3, -0.25) is 9.36 Å². The Morgan fingerprint density at radius 1 is 1.00 bits per heavy atom. The highest BCUT2D eigenvalue weighted by atomic mass is 16.1. The van der Waals surface area contributed by atoms with E-state index < -0.39 is 0 Å². The molecule has 4 rings (SSSR count). The van der Waals surface area contributed by atoms with Crippen LogP contribution in [0.25, 0.3) is 22.5 Å². The molecule has 2 aromatic carbocycles. The molecule has 4 aromatic rings. The summed E-state index contributed by atoms with van der Waals surface area (Å²) in [4.78, 5) is 16.5. The molecule has 7 heteroatoms. The maximum absolute atomic E-state index is 12.2. The number of nitrogens with one attached hydrogen (secondary N) is 1. The van der Waals surface area contributed by atoms with Gasteiger partial charge in [-0.15, -0.1) is 10.2 Å². The molecule has 0 aliphatic carbocycles. The van der Waals surface area contributed by atoms with Gasteiger partial charge in [-0.1, -0.05) is 55.5 Å². The molecule has 0 unspecified atom stereocenters. The Balaban J connectivity index is 1.66. The van der Waals surface area contributed by atoms with Crippen LogP contribution >= 0.6 is 0 Å². The average molecular weight is 358 g/mol. The Kier molecular flexibility index (Phi) is 4.57. The van der Waals surface area contributed by atoms with Gasteiger partial charge in [-0.25, -0.2) is 4.98 Å². The maximum atomic E-state index is 12.2. The van der Waals surface area contributed by atoms with E-state index >= 15 is 0 Å². The van der Waals surface area contributed by atoms with Gasteiger partial charge in [-0.2, -0.15) is 5.21 Å². The second-order valence-corrected chi connectivity index (χ2v) is 6.12. The van der Waals surface area contributed by atoms with Gasteiger partial charge in [0.15, 0.2) is 0 Å². The van der Waals surface area contributed by atoms with E-state index in [1.165, 1.54) is 6.07 Å². The highest BCUT2D eigenvalue weighted by molar-refractivity contribution is 5.80. The van der Waals surface area contributed by atoms with Crippen LogP contribution in [0.3, 0.4) is 0 Å². The van der Waals surface area contributed by atoms with Gasteiger partial charge >= 0.3 is 0 Å². The lowest BCUT2D eigenvalue weighted by Crippen LogP contribution is -2.24. The molecule has 7 nitrogen and oxygen atoms in total. The minimum atomic E-state index is -0.0339. The van der Waals surface area contributed by atoms with Crippen LogP contribution < -0.4 is 5.56 Å². The van der Waals surface area contributed by atoms with Crippen LogP contribution in [0.15, 0.2) is 65.6 Å². The van der Waals surface area contributed by atoms with Crippen molar-refractivity contribution in [1.29, 1.82) is 0 Å². The maximum Gasteiger partial charge on any atom is 0.253 e. The Hall–Kier alpha value is -3.61. The molecule has 0 spiro atoms. The monoisotopic (exact) mass is 358 g/mol. The second-order valence-electron chi connectivity index (χ2n) is 6.12. The largest absolute Gasteiger partial charge is 0.292 e. The smallest absolute Gasteiger partial charge is 0.253 e. The molecule has 0 aliphatic rings. The van der Waals surface area contributed by atoms with E-state index in [9.17, 15) is 4.79 Å². The Morgan fingerprint density at radius 3 is 2.48 bits per heavy atom. The summed E-state index contributed by atoms with van der Waals surface area (Å²) in [5.41, 5.74) is 4.00. The van der Waals surface area contributed by atoms with Gasteiger partial charge in [0.05, 0.1) is 6.54 Å². The van der Waals surface area contributed by atoms with Crippen molar-refractivity contribution in [1.82, 2.24) is 30.2 Å². The zero-order chi connectivity index (χ0) is 18.6. The fourth-order valence-corrected chi connectivity index (χ4v) is 3.10. The van der Waals surface area contributed by atoms with Crippen molar-refractivity contribution in [2.24, 2.45) is 0 Å². The molecule has 2 heterocycles. The van der Waals surface area contributed by atoms with Gasteiger partial charge in [0, 0.05) is 24.2 Å². The van der Waals surface area contributed by atoms with E-state index in [0.717, 1.165) is 28.1 Å². The number of rotatable bonds is 5. The van der Waals surface area contributed by atoms with Crippen molar-refractivity contribution >= 4 is 0 Å². The summed E-state index contributed by atoms with van der Waals surface area (Å²) in [6.07, 6.45) is 2.28. The molecule has 134 valence electrons. The van der Waals surface area contributed by atoms with E-state index in [0.29, 0.717) is 18.8 Å². The predicted molar refractivity (Wildman–Crippen MR) is 102 cm³/mol. The molecule has 0 radical (unpaired) electrons. The number of H-pyrrole nitrogens is 1. The number of hydrogen-bond donors (Lipinski definition) is 1. The van der Waals surface area contributed by atoms with Gasteiger partial charge in [0.1, 0.15) is 5.82 Å². The van der Waals surface area contributed by atoms with Gasteiger partial charge in [0.2, 0.25) is 5.82 Å². The topological polar surface area (TPSA) is 89.4 Å². The van der Waals surface area contributed by atoms with Crippen molar-refractivity contribution in [2.75, 3.05) is 0 Å². The van der Waals surface area contributed by atoms with Crippen molar-refractivity contribution in [3.05, 3.63) is 82.5 Å². The lowest BCUT2D eigenvalue weighted by Gasteiger charge is -2.11. The molecule has 0 atom stereocenters. The van der Waals surface area contributed by atoms with Gasteiger partial charge < -0.3 is 0 Å². The first-order valence-electron chi connectivity index (χ1n) is 8.73. The number of tetrazole rings is 1. The summed E-state index contributed by atoms with van der Waals surface area (Å²) in [5.74, 6) is 1.35. The van der Waals surface area contributed by atoms with E-state index in [1.54, 1.807) is 10.8 Å². The summed E-state index contributed by atoms with van der Waals surface area (Å²) >= 11 is 0. The second kappa shape index (κ2) is 7.33. The van der Waals surface area contributed by atoms with E-state index in [1.807, 2.05) is 55.5 Å².